The molecule has 0 saturated heterocycles. The lowest BCUT2D eigenvalue weighted by molar-refractivity contribution is -0.143. The first kappa shape index (κ1) is 23.6. The van der Waals surface area contributed by atoms with E-state index in [0.717, 1.165) is 6.20 Å². The van der Waals surface area contributed by atoms with Gasteiger partial charge in [0.25, 0.3) is 5.91 Å². The van der Waals surface area contributed by atoms with Crippen molar-refractivity contribution >= 4 is 5.91 Å². The molecule has 0 aliphatic heterocycles. The second-order valence-corrected chi connectivity index (χ2v) is 6.47. The number of benzene rings is 1. The quantitative estimate of drug-likeness (QED) is 0.539. The van der Waals surface area contributed by atoms with E-state index in [4.69, 9.17) is 18.9 Å². The van der Waals surface area contributed by atoms with Crippen molar-refractivity contribution in [3.8, 4) is 28.9 Å². The van der Waals surface area contributed by atoms with Crippen LogP contribution >= 0.6 is 0 Å². The zero-order valence-electron chi connectivity index (χ0n) is 18.1. The van der Waals surface area contributed by atoms with Crippen molar-refractivity contribution in [3.63, 3.8) is 0 Å². The van der Waals surface area contributed by atoms with Gasteiger partial charge < -0.3 is 24.3 Å². The monoisotopic (exact) mass is 467 g/mol. The molecule has 33 heavy (non-hydrogen) atoms. The van der Waals surface area contributed by atoms with Crippen LogP contribution in [0.1, 0.15) is 21.6 Å². The lowest BCUT2D eigenvalue weighted by Gasteiger charge is -2.15. The van der Waals surface area contributed by atoms with E-state index in [1.807, 2.05) is 0 Å². The first-order valence-corrected chi connectivity index (χ1v) is 9.33. The van der Waals surface area contributed by atoms with Crippen molar-refractivity contribution in [1.29, 1.82) is 0 Å². The van der Waals surface area contributed by atoms with Crippen molar-refractivity contribution in [3.05, 3.63) is 47.3 Å². The number of hydrogen-bond donors (Lipinski definition) is 1. The van der Waals surface area contributed by atoms with Crippen LogP contribution in [-0.2, 0) is 12.7 Å². The van der Waals surface area contributed by atoms with Crippen molar-refractivity contribution in [2.75, 3.05) is 28.4 Å². The summed E-state index contributed by atoms with van der Waals surface area (Å²) in [7, 11) is 5.62. The minimum Gasteiger partial charge on any atom is -0.493 e. The van der Waals surface area contributed by atoms with Gasteiger partial charge in [0.1, 0.15) is 0 Å². The van der Waals surface area contributed by atoms with Crippen LogP contribution in [0.3, 0.4) is 0 Å². The van der Waals surface area contributed by atoms with E-state index in [0.29, 0.717) is 27.5 Å². The van der Waals surface area contributed by atoms with Crippen LogP contribution in [0.4, 0.5) is 13.2 Å². The first-order chi connectivity index (χ1) is 15.7. The molecule has 0 unspecified atom stereocenters. The molecule has 3 aromatic rings. The number of aromatic nitrogens is 4. The molecule has 1 N–H and O–H groups in total. The summed E-state index contributed by atoms with van der Waals surface area (Å²) in [6.45, 7) is -0.111. The molecule has 1 aromatic carbocycles. The van der Waals surface area contributed by atoms with Crippen molar-refractivity contribution < 1.29 is 36.9 Å². The zero-order chi connectivity index (χ0) is 24.2. The number of carbonyl (C=O) groups is 1. The summed E-state index contributed by atoms with van der Waals surface area (Å²) in [6, 6.07) is 5.71. The predicted molar refractivity (Wildman–Crippen MR) is 108 cm³/mol. The molecule has 0 saturated carbocycles. The van der Waals surface area contributed by atoms with E-state index in [1.54, 1.807) is 12.1 Å². The van der Waals surface area contributed by atoms with E-state index < -0.39 is 23.3 Å². The first-order valence-electron chi connectivity index (χ1n) is 9.33. The molecule has 0 spiro atoms. The van der Waals surface area contributed by atoms with Gasteiger partial charge in [0.2, 0.25) is 11.6 Å². The summed E-state index contributed by atoms with van der Waals surface area (Å²) in [5, 5.41) is 13.5. The Bertz CT molecular complexity index is 1110. The molecule has 0 aliphatic rings. The van der Waals surface area contributed by atoms with Crippen molar-refractivity contribution in [1.82, 2.24) is 25.3 Å². The van der Waals surface area contributed by atoms with E-state index in [2.05, 4.69) is 20.6 Å². The molecule has 0 aliphatic carbocycles. The van der Waals surface area contributed by atoms with Gasteiger partial charge in [-0.1, -0.05) is 0 Å². The lowest BCUT2D eigenvalue weighted by Crippen LogP contribution is -2.26. The number of halogens is 3. The van der Waals surface area contributed by atoms with Crippen LogP contribution < -0.4 is 24.3 Å². The average molecular weight is 467 g/mol. The molecule has 2 heterocycles. The van der Waals surface area contributed by atoms with Gasteiger partial charge in [-0.3, -0.25) is 4.79 Å². The van der Waals surface area contributed by atoms with Crippen LogP contribution in [0, 0.1) is 0 Å². The van der Waals surface area contributed by atoms with Gasteiger partial charge >= 0.3 is 6.18 Å². The Kier molecular flexibility index (Phi) is 6.89. The number of methoxy groups -OCH3 is 4. The van der Waals surface area contributed by atoms with Gasteiger partial charge in [-0.2, -0.15) is 18.3 Å². The number of alkyl halides is 3. The number of nitrogens with one attached hydrogen (secondary N) is 1. The topological polar surface area (TPSA) is 110 Å². The third-order valence-electron chi connectivity index (χ3n) is 4.51. The highest BCUT2D eigenvalue weighted by Gasteiger charge is 2.41. The van der Waals surface area contributed by atoms with Gasteiger partial charge in [0.05, 0.1) is 40.2 Å². The van der Waals surface area contributed by atoms with Crippen molar-refractivity contribution in [2.45, 2.75) is 12.7 Å². The van der Waals surface area contributed by atoms with E-state index in [9.17, 15) is 18.0 Å². The number of nitrogens with zero attached hydrogens (tertiary/aromatic N) is 4. The zero-order valence-corrected chi connectivity index (χ0v) is 18.1. The maximum Gasteiger partial charge on any atom is 0.434 e. The molecule has 2 aromatic heterocycles. The normalized spacial score (nSPS) is 11.1. The number of rotatable bonds is 8. The molecule has 13 heteroatoms. The highest BCUT2D eigenvalue weighted by Crippen LogP contribution is 2.38. The standard InChI is InChI=1S/C20H20F3N5O5/c1-30-13-7-11(8-14(31-2)17(13)33-4)9-24-19(29)12-10-25-28(18(12)20(21,22)23)15-5-6-16(32-3)27-26-15/h5-8,10H,9H2,1-4H3,(H,24,29). The second kappa shape index (κ2) is 9.63. The van der Waals surface area contributed by atoms with Gasteiger partial charge in [-0.15, -0.1) is 10.2 Å². The third-order valence-corrected chi connectivity index (χ3v) is 4.51. The fourth-order valence-corrected chi connectivity index (χ4v) is 3.01. The largest absolute Gasteiger partial charge is 0.493 e. The Labute approximate surface area is 186 Å². The van der Waals surface area contributed by atoms with Crippen LogP contribution in [0.25, 0.3) is 5.82 Å². The van der Waals surface area contributed by atoms with E-state index >= 15 is 0 Å². The molecular formula is C20H20F3N5O5. The summed E-state index contributed by atoms with van der Waals surface area (Å²) < 4.78 is 62.5. The summed E-state index contributed by atoms with van der Waals surface area (Å²) in [4.78, 5) is 12.7. The van der Waals surface area contributed by atoms with E-state index in [1.165, 1.54) is 40.6 Å². The van der Waals surface area contributed by atoms with Crippen LogP contribution in [0.2, 0.25) is 0 Å². The molecule has 176 valence electrons. The lowest BCUT2D eigenvalue weighted by atomic mass is 10.1. The van der Waals surface area contributed by atoms with Gasteiger partial charge in [-0.05, 0) is 23.8 Å². The van der Waals surface area contributed by atoms with Gasteiger partial charge in [-0.25, -0.2) is 4.68 Å². The maximum absolute atomic E-state index is 13.8. The minimum atomic E-state index is -4.89. The minimum absolute atomic E-state index is 0.111. The molecule has 0 atom stereocenters. The molecule has 10 nitrogen and oxygen atoms in total. The molecular weight excluding hydrogens is 447 g/mol. The summed E-state index contributed by atoms with van der Waals surface area (Å²) in [5.41, 5.74) is -1.45. The molecule has 0 fully saturated rings. The summed E-state index contributed by atoms with van der Waals surface area (Å²) >= 11 is 0. The van der Waals surface area contributed by atoms with Gasteiger partial charge in [0, 0.05) is 12.6 Å². The van der Waals surface area contributed by atoms with E-state index in [-0.39, 0.29) is 18.2 Å². The molecule has 0 bridgehead atoms. The van der Waals surface area contributed by atoms with Gasteiger partial charge in [0.15, 0.2) is 23.0 Å². The Morgan fingerprint density at radius 3 is 2.15 bits per heavy atom. The third kappa shape index (κ3) is 4.91. The van der Waals surface area contributed by atoms with Crippen molar-refractivity contribution in [2.24, 2.45) is 0 Å². The molecule has 1 amide bonds. The molecule has 0 radical (unpaired) electrons. The Balaban J connectivity index is 1.89. The number of hydrogen-bond acceptors (Lipinski definition) is 8. The number of ether oxygens (including phenoxy) is 4. The summed E-state index contributed by atoms with van der Waals surface area (Å²) in [5.74, 6) is -0.0827. The predicted octanol–water partition coefficient (Wildman–Crippen LogP) is 2.65. The second-order valence-electron chi connectivity index (χ2n) is 6.47. The average Bonchev–Trinajstić information content (AvgIpc) is 3.27. The maximum atomic E-state index is 13.8. The fourth-order valence-electron chi connectivity index (χ4n) is 3.01. The summed E-state index contributed by atoms with van der Waals surface area (Å²) in [6.07, 6.45) is -4.07. The van der Waals surface area contributed by atoms with Crippen LogP contribution in [0.15, 0.2) is 30.5 Å². The number of amides is 1. The highest BCUT2D eigenvalue weighted by atomic mass is 19.4. The highest BCUT2D eigenvalue weighted by molar-refractivity contribution is 5.95. The Hall–Kier alpha value is -4.03. The Morgan fingerprint density at radius 2 is 1.67 bits per heavy atom. The fraction of sp³-hybridized carbons (Fsp3) is 0.300. The van der Waals surface area contributed by atoms with Crippen LogP contribution in [0.5, 0.6) is 23.1 Å². The molecule has 3 rings (SSSR count). The smallest absolute Gasteiger partial charge is 0.434 e. The SMILES string of the molecule is COc1ccc(-n2ncc(C(=O)NCc3cc(OC)c(OC)c(OC)c3)c2C(F)(F)F)nn1. The Morgan fingerprint density at radius 1 is 1.00 bits per heavy atom. The number of carbonyl (C=O) groups excluding carboxylic acids is 1. The van der Waals surface area contributed by atoms with Crippen LogP contribution in [-0.4, -0.2) is 54.3 Å².